The normalized spacial score (nSPS) is 25.7. The van der Waals surface area contributed by atoms with Gasteiger partial charge in [0.25, 0.3) is 0 Å². The van der Waals surface area contributed by atoms with Crippen molar-refractivity contribution in [1.29, 1.82) is 0 Å². The molecule has 1 aliphatic carbocycles. The smallest absolute Gasteiger partial charge is 0.0410 e. The van der Waals surface area contributed by atoms with E-state index in [0.29, 0.717) is 0 Å². The summed E-state index contributed by atoms with van der Waals surface area (Å²) in [6, 6.07) is 2.17. The number of aromatic nitrogens is 1. The Balaban J connectivity index is 2.02. The predicted molar refractivity (Wildman–Crippen MR) is 65.5 cm³/mol. The lowest BCUT2D eigenvalue weighted by Gasteiger charge is -2.17. The lowest BCUT2D eigenvalue weighted by molar-refractivity contribution is 0.394. The SMILES string of the molecule is NCC1CCCC1Cc1cncc(Br)c1. The summed E-state index contributed by atoms with van der Waals surface area (Å²) >= 11 is 3.46. The Labute approximate surface area is 99.4 Å². The van der Waals surface area contributed by atoms with E-state index >= 15 is 0 Å². The molecule has 0 aliphatic heterocycles. The van der Waals surface area contributed by atoms with E-state index < -0.39 is 0 Å². The van der Waals surface area contributed by atoms with Crippen LogP contribution in [0.3, 0.4) is 0 Å². The summed E-state index contributed by atoms with van der Waals surface area (Å²) in [7, 11) is 0. The van der Waals surface area contributed by atoms with Gasteiger partial charge in [-0.3, -0.25) is 4.98 Å². The van der Waals surface area contributed by atoms with Crippen LogP contribution >= 0.6 is 15.9 Å². The number of nitrogens with two attached hydrogens (primary N) is 1. The highest BCUT2D eigenvalue weighted by Crippen LogP contribution is 2.33. The Morgan fingerprint density at radius 2 is 2.13 bits per heavy atom. The lowest BCUT2D eigenvalue weighted by Crippen LogP contribution is -2.20. The highest BCUT2D eigenvalue weighted by Gasteiger charge is 2.25. The van der Waals surface area contributed by atoms with E-state index in [9.17, 15) is 0 Å². The zero-order chi connectivity index (χ0) is 10.7. The van der Waals surface area contributed by atoms with Gasteiger partial charge in [-0.25, -0.2) is 0 Å². The monoisotopic (exact) mass is 268 g/mol. The topological polar surface area (TPSA) is 38.9 Å². The molecule has 82 valence electrons. The molecule has 1 aromatic heterocycles. The first kappa shape index (κ1) is 11.1. The van der Waals surface area contributed by atoms with Crippen LogP contribution in [0.25, 0.3) is 0 Å². The fourth-order valence-corrected chi connectivity index (χ4v) is 2.98. The molecule has 2 nitrogen and oxygen atoms in total. The van der Waals surface area contributed by atoms with Gasteiger partial charge in [0.2, 0.25) is 0 Å². The second-order valence-electron chi connectivity index (χ2n) is 4.40. The lowest BCUT2D eigenvalue weighted by atomic mass is 9.90. The number of pyridine rings is 1. The first-order valence-corrected chi connectivity index (χ1v) is 6.38. The van der Waals surface area contributed by atoms with Crippen LogP contribution in [-0.2, 0) is 6.42 Å². The standard InChI is InChI=1S/C12H17BrN2/c13-12-5-9(7-15-8-12)4-10-2-1-3-11(10)6-14/h5,7-8,10-11H,1-4,6,14H2. The summed E-state index contributed by atoms with van der Waals surface area (Å²) in [5.74, 6) is 1.50. The number of hydrogen-bond donors (Lipinski definition) is 1. The zero-order valence-electron chi connectivity index (χ0n) is 8.82. The molecular weight excluding hydrogens is 252 g/mol. The molecular formula is C12H17BrN2. The number of hydrogen-bond acceptors (Lipinski definition) is 2. The minimum atomic E-state index is 0.726. The predicted octanol–water partition coefficient (Wildman–Crippen LogP) is 2.76. The molecule has 0 amide bonds. The largest absolute Gasteiger partial charge is 0.330 e. The molecule has 2 unspecified atom stereocenters. The van der Waals surface area contributed by atoms with Crippen molar-refractivity contribution in [2.75, 3.05) is 6.54 Å². The molecule has 1 heterocycles. The molecule has 1 fully saturated rings. The molecule has 2 atom stereocenters. The maximum atomic E-state index is 5.78. The van der Waals surface area contributed by atoms with Crippen molar-refractivity contribution in [3.8, 4) is 0 Å². The van der Waals surface area contributed by atoms with Gasteiger partial charge in [0, 0.05) is 16.9 Å². The van der Waals surface area contributed by atoms with Gasteiger partial charge >= 0.3 is 0 Å². The van der Waals surface area contributed by atoms with Gasteiger partial charge in [0.1, 0.15) is 0 Å². The third-order valence-electron chi connectivity index (χ3n) is 3.38. The first-order chi connectivity index (χ1) is 7.29. The minimum absolute atomic E-state index is 0.726. The molecule has 15 heavy (non-hydrogen) atoms. The number of halogens is 1. The zero-order valence-corrected chi connectivity index (χ0v) is 10.4. The first-order valence-electron chi connectivity index (χ1n) is 5.59. The molecule has 3 heteroatoms. The van der Waals surface area contributed by atoms with Gasteiger partial charge in [-0.1, -0.05) is 6.42 Å². The van der Waals surface area contributed by atoms with Crippen molar-refractivity contribution in [2.24, 2.45) is 17.6 Å². The van der Waals surface area contributed by atoms with Gasteiger partial charge in [0.05, 0.1) is 0 Å². The summed E-state index contributed by atoms with van der Waals surface area (Å²) in [5, 5.41) is 0. The van der Waals surface area contributed by atoms with E-state index in [1.54, 1.807) is 0 Å². The molecule has 1 aromatic rings. The number of rotatable bonds is 3. The van der Waals surface area contributed by atoms with Crippen molar-refractivity contribution in [3.05, 3.63) is 28.5 Å². The summed E-state index contributed by atoms with van der Waals surface area (Å²) in [6.45, 7) is 0.839. The van der Waals surface area contributed by atoms with Gasteiger partial charge in [-0.15, -0.1) is 0 Å². The fourth-order valence-electron chi connectivity index (χ4n) is 2.56. The highest BCUT2D eigenvalue weighted by atomic mass is 79.9. The van der Waals surface area contributed by atoms with Crippen molar-refractivity contribution in [1.82, 2.24) is 4.98 Å². The Morgan fingerprint density at radius 3 is 2.87 bits per heavy atom. The quantitative estimate of drug-likeness (QED) is 0.916. The van der Waals surface area contributed by atoms with Gasteiger partial charge in [-0.2, -0.15) is 0 Å². The van der Waals surface area contributed by atoms with E-state index in [-0.39, 0.29) is 0 Å². The Bertz CT molecular complexity index is 327. The average Bonchev–Trinajstić information content (AvgIpc) is 2.65. The van der Waals surface area contributed by atoms with Crippen molar-refractivity contribution in [2.45, 2.75) is 25.7 Å². The van der Waals surface area contributed by atoms with Gasteiger partial charge in [-0.05, 0) is 65.2 Å². The molecule has 1 saturated carbocycles. The summed E-state index contributed by atoms with van der Waals surface area (Å²) in [5.41, 5.74) is 7.11. The van der Waals surface area contributed by atoms with Crippen LogP contribution in [0.5, 0.6) is 0 Å². The van der Waals surface area contributed by atoms with Crippen LogP contribution in [-0.4, -0.2) is 11.5 Å². The Hall–Kier alpha value is -0.410. The molecule has 2 rings (SSSR count). The fraction of sp³-hybridized carbons (Fsp3) is 0.583. The van der Waals surface area contributed by atoms with Crippen LogP contribution < -0.4 is 5.73 Å². The van der Waals surface area contributed by atoms with Crippen LogP contribution in [0.4, 0.5) is 0 Å². The van der Waals surface area contributed by atoms with E-state index in [4.69, 9.17) is 5.73 Å². The van der Waals surface area contributed by atoms with E-state index in [1.807, 2.05) is 12.4 Å². The Morgan fingerprint density at radius 1 is 1.33 bits per heavy atom. The van der Waals surface area contributed by atoms with E-state index in [2.05, 4.69) is 27.0 Å². The molecule has 0 bridgehead atoms. The summed E-state index contributed by atoms with van der Waals surface area (Å²) in [6.07, 6.45) is 8.91. The summed E-state index contributed by atoms with van der Waals surface area (Å²) < 4.78 is 1.07. The molecule has 0 spiro atoms. The molecule has 2 N–H and O–H groups in total. The van der Waals surface area contributed by atoms with Crippen LogP contribution in [0.2, 0.25) is 0 Å². The Kier molecular flexibility index (Phi) is 3.76. The van der Waals surface area contributed by atoms with Crippen LogP contribution in [0.1, 0.15) is 24.8 Å². The third kappa shape index (κ3) is 2.79. The molecule has 0 radical (unpaired) electrons. The molecule has 0 saturated heterocycles. The van der Waals surface area contributed by atoms with Crippen molar-refractivity contribution >= 4 is 15.9 Å². The van der Waals surface area contributed by atoms with Crippen molar-refractivity contribution in [3.63, 3.8) is 0 Å². The highest BCUT2D eigenvalue weighted by molar-refractivity contribution is 9.10. The molecule has 1 aliphatic rings. The van der Waals surface area contributed by atoms with Crippen LogP contribution in [0.15, 0.2) is 22.9 Å². The molecule has 0 aromatic carbocycles. The second-order valence-corrected chi connectivity index (χ2v) is 5.32. The van der Waals surface area contributed by atoms with Gasteiger partial charge < -0.3 is 5.73 Å². The average molecular weight is 269 g/mol. The second kappa shape index (κ2) is 5.08. The van der Waals surface area contributed by atoms with Crippen LogP contribution in [0, 0.1) is 11.8 Å². The third-order valence-corrected chi connectivity index (χ3v) is 3.81. The van der Waals surface area contributed by atoms with Gasteiger partial charge in [0.15, 0.2) is 0 Å². The minimum Gasteiger partial charge on any atom is -0.330 e. The van der Waals surface area contributed by atoms with E-state index in [1.165, 1.54) is 24.8 Å². The number of nitrogens with zero attached hydrogens (tertiary/aromatic N) is 1. The summed E-state index contributed by atoms with van der Waals surface area (Å²) in [4.78, 5) is 4.20. The maximum absolute atomic E-state index is 5.78. The maximum Gasteiger partial charge on any atom is 0.0410 e. The van der Waals surface area contributed by atoms with E-state index in [0.717, 1.165) is 29.3 Å². The van der Waals surface area contributed by atoms with Crippen molar-refractivity contribution < 1.29 is 0 Å².